The first-order chi connectivity index (χ1) is 12.8. The molecule has 146 valence electrons. The van der Waals surface area contributed by atoms with E-state index in [1.807, 2.05) is 6.92 Å². The second kappa shape index (κ2) is 9.48. The van der Waals surface area contributed by atoms with Gasteiger partial charge in [0.1, 0.15) is 11.6 Å². The minimum absolute atomic E-state index is 0.137. The SMILES string of the molecule is CCCNS(=O)(=O)c1ccc(OCC(=O)N[C@H](C)c2ccc(F)cc2)cc1. The summed E-state index contributed by atoms with van der Waals surface area (Å²) in [6.45, 7) is 3.81. The highest BCUT2D eigenvalue weighted by atomic mass is 32.2. The zero-order valence-electron chi connectivity index (χ0n) is 15.2. The maximum atomic E-state index is 12.9. The molecule has 0 spiro atoms. The lowest BCUT2D eigenvalue weighted by Crippen LogP contribution is -2.31. The van der Waals surface area contributed by atoms with Gasteiger partial charge in [-0.15, -0.1) is 0 Å². The van der Waals surface area contributed by atoms with Crippen molar-refractivity contribution >= 4 is 15.9 Å². The van der Waals surface area contributed by atoms with Crippen molar-refractivity contribution in [2.45, 2.75) is 31.2 Å². The Morgan fingerprint density at radius 1 is 1.11 bits per heavy atom. The normalized spacial score (nSPS) is 12.4. The number of ether oxygens (including phenoxy) is 1. The summed E-state index contributed by atoms with van der Waals surface area (Å²) < 4.78 is 44.8. The van der Waals surface area contributed by atoms with E-state index in [1.54, 1.807) is 19.1 Å². The molecule has 2 N–H and O–H groups in total. The fraction of sp³-hybridized carbons (Fsp3) is 0.316. The number of sulfonamides is 1. The third kappa shape index (κ3) is 6.33. The summed E-state index contributed by atoms with van der Waals surface area (Å²) in [6.07, 6.45) is 0.700. The Morgan fingerprint density at radius 2 is 1.74 bits per heavy atom. The van der Waals surface area contributed by atoms with Crippen LogP contribution in [0.5, 0.6) is 5.75 Å². The molecule has 0 aliphatic rings. The van der Waals surface area contributed by atoms with Crippen LogP contribution in [0.3, 0.4) is 0 Å². The zero-order valence-corrected chi connectivity index (χ0v) is 16.1. The van der Waals surface area contributed by atoms with Crippen LogP contribution in [0.1, 0.15) is 31.9 Å². The van der Waals surface area contributed by atoms with Gasteiger partial charge in [0.2, 0.25) is 10.0 Å². The van der Waals surface area contributed by atoms with E-state index >= 15 is 0 Å². The molecule has 0 saturated carbocycles. The average molecular weight is 394 g/mol. The van der Waals surface area contributed by atoms with Crippen molar-refractivity contribution in [3.05, 3.63) is 59.9 Å². The zero-order chi connectivity index (χ0) is 19.9. The van der Waals surface area contributed by atoms with Gasteiger partial charge in [0.05, 0.1) is 10.9 Å². The predicted molar refractivity (Wildman–Crippen MR) is 100 cm³/mol. The molecule has 2 aromatic carbocycles. The summed E-state index contributed by atoms with van der Waals surface area (Å²) in [5.41, 5.74) is 0.777. The van der Waals surface area contributed by atoms with Gasteiger partial charge in [-0.2, -0.15) is 0 Å². The molecule has 2 rings (SSSR count). The smallest absolute Gasteiger partial charge is 0.258 e. The molecule has 0 aromatic heterocycles. The number of nitrogens with one attached hydrogen (secondary N) is 2. The molecule has 0 saturated heterocycles. The van der Waals surface area contributed by atoms with Gasteiger partial charge in [0.15, 0.2) is 6.61 Å². The highest BCUT2D eigenvalue weighted by molar-refractivity contribution is 7.89. The quantitative estimate of drug-likeness (QED) is 0.685. The largest absolute Gasteiger partial charge is 0.484 e. The van der Waals surface area contributed by atoms with Crippen LogP contribution >= 0.6 is 0 Å². The van der Waals surface area contributed by atoms with Gasteiger partial charge in [0, 0.05) is 6.54 Å². The van der Waals surface area contributed by atoms with E-state index in [0.717, 1.165) is 5.56 Å². The van der Waals surface area contributed by atoms with E-state index in [2.05, 4.69) is 10.0 Å². The molecule has 0 unspecified atom stereocenters. The van der Waals surface area contributed by atoms with Crippen molar-refractivity contribution in [2.24, 2.45) is 0 Å². The van der Waals surface area contributed by atoms with E-state index in [0.29, 0.717) is 18.7 Å². The number of benzene rings is 2. The van der Waals surface area contributed by atoms with Crippen LogP contribution < -0.4 is 14.8 Å². The molecular formula is C19H23FN2O4S. The molecule has 2 aromatic rings. The number of hydrogen-bond donors (Lipinski definition) is 2. The van der Waals surface area contributed by atoms with Gasteiger partial charge in [-0.05, 0) is 55.3 Å². The van der Waals surface area contributed by atoms with Gasteiger partial charge >= 0.3 is 0 Å². The Morgan fingerprint density at radius 3 is 2.33 bits per heavy atom. The number of halogens is 1. The van der Waals surface area contributed by atoms with Crippen molar-refractivity contribution in [2.75, 3.05) is 13.2 Å². The van der Waals surface area contributed by atoms with Crippen molar-refractivity contribution < 1.29 is 22.3 Å². The van der Waals surface area contributed by atoms with E-state index < -0.39 is 10.0 Å². The Bertz CT molecular complexity index is 852. The molecule has 0 aliphatic carbocycles. The number of carbonyl (C=O) groups is 1. The van der Waals surface area contributed by atoms with Gasteiger partial charge < -0.3 is 10.1 Å². The van der Waals surface area contributed by atoms with Crippen molar-refractivity contribution in [1.82, 2.24) is 10.0 Å². The van der Waals surface area contributed by atoms with Crippen molar-refractivity contribution in [1.29, 1.82) is 0 Å². The number of carbonyl (C=O) groups excluding carboxylic acids is 1. The summed E-state index contributed by atoms with van der Waals surface area (Å²) >= 11 is 0. The Kier molecular flexibility index (Phi) is 7.32. The van der Waals surface area contributed by atoms with Crippen LogP contribution in [-0.2, 0) is 14.8 Å². The first kappa shape index (κ1) is 20.9. The second-order valence-electron chi connectivity index (χ2n) is 6.00. The Balaban J connectivity index is 1.87. The molecule has 0 radical (unpaired) electrons. The maximum absolute atomic E-state index is 12.9. The molecule has 1 amide bonds. The van der Waals surface area contributed by atoms with Gasteiger partial charge in [-0.3, -0.25) is 4.79 Å². The van der Waals surface area contributed by atoms with Crippen molar-refractivity contribution in [3.8, 4) is 5.75 Å². The fourth-order valence-corrected chi connectivity index (χ4v) is 3.44. The Labute approximate surface area is 158 Å². The topological polar surface area (TPSA) is 84.5 Å². The summed E-state index contributed by atoms with van der Waals surface area (Å²) in [5.74, 6) is -0.293. The van der Waals surface area contributed by atoms with Crippen LogP contribution in [0.4, 0.5) is 4.39 Å². The van der Waals surface area contributed by atoms with E-state index in [-0.39, 0.29) is 29.3 Å². The number of hydrogen-bond acceptors (Lipinski definition) is 4. The Hall–Kier alpha value is -2.45. The van der Waals surface area contributed by atoms with Crippen LogP contribution in [-0.4, -0.2) is 27.5 Å². The molecule has 0 fully saturated rings. The van der Waals surface area contributed by atoms with Crippen LogP contribution in [0.25, 0.3) is 0 Å². The lowest BCUT2D eigenvalue weighted by molar-refractivity contribution is -0.123. The summed E-state index contributed by atoms with van der Waals surface area (Å²) in [7, 11) is -3.53. The molecule has 0 bridgehead atoms. The molecule has 6 nitrogen and oxygen atoms in total. The van der Waals surface area contributed by atoms with E-state index in [1.165, 1.54) is 36.4 Å². The lowest BCUT2D eigenvalue weighted by Gasteiger charge is -2.15. The third-order valence-electron chi connectivity index (χ3n) is 3.79. The molecular weight excluding hydrogens is 371 g/mol. The number of amides is 1. The van der Waals surface area contributed by atoms with Crippen LogP contribution in [0.2, 0.25) is 0 Å². The van der Waals surface area contributed by atoms with Gasteiger partial charge in [-0.25, -0.2) is 17.5 Å². The summed E-state index contributed by atoms with van der Waals surface area (Å²) in [4.78, 5) is 12.1. The third-order valence-corrected chi connectivity index (χ3v) is 5.27. The van der Waals surface area contributed by atoms with Gasteiger partial charge in [0.25, 0.3) is 5.91 Å². The molecule has 8 heteroatoms. The molecule has 27 heavy (non-hydrogen) atoms. The van der Waals surface area contributed by atoms with Crippen LogP contribution in [0.15, 0.2) is 53.4 Å². The summed E-state index contributed by atoms with van der Waals surface area (Å²) in [5, 5.41) is 2.75. The average Bonchev–Trinajstić information content (AvgIpc) is 2.65. The maximum Gasteiger partial charge on any atom is 0.258 e. The fourth-order valence-electron chi connectivity index (χ4n) is 2.30. The lowest BCUT2D eigenvalue weighted by atomic mass is 10.1. The monoisotopic (exact) mass is 394 g/mol. The first-order valence-corrected chi connectivity index (χ1v) is 10.1. The van der Waals surface area contributed by atoms with E-state index in [9.17, 15) is 17.6 Å². The molecule has 1 atom stereocenters. The highest BCUT2D eigenvalue weighted by Gasteiger charge is 2.14. The van der Waals surface area contributed by atoms with Gasteiger partial charge in [-0.1, -0.05) is 19.1 Å². The minimum atomic E-state index is -3.53. The van der Waals surface area contributed by atoms with Crippen LogP contribution in [0, 0.1) is 5.82 Å². The molecule has 0 aliphatic heterocycles. The van der Waals surface area contributed by atoms with E-state index in [4.69, 9.17) is 4.74 Å². The summed E-state index contributed by atoms with van der Waals surface area (Å²) in [6, 6.07) is 11.4. The first-order valence-electron chi connectivity index (χ1n) is 8.59. The standard InChI is InChI=1S/C19H23FN2O4S/c1-3-12-21-27(24,25)18-10-8-17(9-11-18)26-13-19(23)22-14(2)15-4-6-16(20)7-5-15/h4-11,14,21H,3,12-13H2,1-2H3,(H,22,23)/t14-/m1/s1. The molecule has 0 heterocycles. The second-order valence-corrected chi connectivity index (χ2v) is 7.77. The number of rotatable bonds is 9. The highest BCUT2D eigenvalue weighted by Crippen LogP contribution is 2.16. The van der Waals surface area contributed by atoms with Crippen molar-refractivity contribution in [3.63, 3.8) is 0 Å². The minimum Gasteiger partial charge on any atom is -0.484 e. The predicted octanol–water partition coefficient (Wildman–Crippen LogP) is 2.77.